The predicted molar refractivity (Wildman–Crippen MR) is 61.1 cm³/mol. The highest BCUT2D eigenvalue weighted by Gasteiger charge is 2.14. The number of carbonyl (C=O) groups is 1. The number of likely N-dealkylation sites (N-methyl/N-ethyl adjacent to an activating group) is 1. The maximum atomic E-state index is 11.0. The Bertz CT molecular complexity index is 271. The molecule has 80 valence electrons. The summed E-state index contributed by atoms with van der Waals surface area (Å²) >= 11 is 0. The standard InChI is InChI=1S/C12H19NO.H2/c1-4-11-7-5-6-8-12(11)13(3)9-10(2)14;/h4H,1,5-9H2,2-3H3;1H. The van der Waals surface area contributed by atoms with Gasteiger partial charge in [0.25, 0.3) is 0 Å². The molecule has 2 nitrogen and oxygen atoms in total. The lowest BCUT2D eigenvalue weighted by atomic mass is 9.95. The van der Waals surface area contributed by atoms with E-state index in [0.717, 1.165) is 12.8 Å². The zero-order valence-corrected chi connectivity index (χ0v) is 9.18. The fourth-order valence-electron chi connectivity index (χ4n) is 2.00. The molecule has 0 unspecified atom stereocenters. The second-order valence-electron chi connectivity index (χ2n) is 3.94. The van der Waals surface area contributed by atoms with Gasteiger partial charge in [0.05, 0.1) is 6.54 Å². The maximum absolute atomic E-state index is 11.0. The summed E-state index contributed by atoms with van der Waals surface area (Å²) in [5.41, 5.74) is 2.63. The van der Waals surface area contributed by atoms with Gasteiger partial charge in [-0.2, -0.15) is 0 Å². The third-order valence-corrected chi connectivity index (χ3v) is 2.65. The molecule has 0 aromatic heterocycles. The second kappa shape index (κ2) is 4.99. The van der Waals surface area contributed by atoms with Crippen molar-refractivity contribution in [3.63, 3.8) is 0 Å². The van der Waals surface area contributed by atoms with Crippen molar-refractivity contribution in [2.45, 2.75) is 32.6 Å². The number of carbonyl (C=O) groups excluding carboxylic acids is 1. The summed E-state index contributed by atoms with van der Waals surface area (Å²) in [4.78, 5) is 13.1. The van der Waals surface area contributed by atoms with Crippen molar-refractivity contribution in [1.29, 1.82) is 0 Å². The smallest absolute Gasteiger partial charge is 0.149 e. The SMILES string of the molecule is C=CC1=C(N(C)CC(C)=O)CCCC1.[HH]. The van der Waals surface area contributed by atoms with Gasteiger partial charge in [0.15, 0.2) is 0 Å². The topological polar surface area (TPSA) is 20.3 Å². The molecule has 0 aromatic rings. The molecule has 0 aliphatic heterocycles. The van der Waals surface area contributed by atoms with Gasteiger partial charge in [-0.05, 0) is 38.2 Å². The Morgan fingerprint density at radius 2 is 2.21 bits per heavy atom. The number of ketones is 1. The van der Waals surface area contributed by atoms with E-state index in [9.17, 15) is 4.79 Å². The quantitative estimate of drug-likeness (QED) is 0.687. The van der Waals surface area contributed by atoms with Crippen molar-refractivity contribution in [1.82, 2.24) is 4.90 Å². The third-order valence-electron chi connectivity index (χ3n) is 2.65. The van der Waals surface area contributed by atoms with Gasteiger partial charge in [-0.1, -0.05) is 12.7 Å². The molecule has 0 atom stereocenters. The molecule has 0 radical (unpaired) electrons. The third kappa shape index (κ3) is 2.72. The van der Waals surface area contributed by atoms with E-state index in [1.807, 2.05) is 13.1 Å². The number of nitrogens with zero attached hydrogens (tertiary/aromatic N) is 1. The van der Waals surface area contributed by atoms with Gasteiger partial charge >= 0.3 is 0 Å². The molecule has 0 saturated carbocycles. The van der Waals surface area contributed by atoms with E-state index in [2.05, 4.69) is 11.5 Å². The number of hydrogen-bond acceptors (Lipinski definition) is 2. The number of Topliss-reactive ketones (excluding diaryl/α,β-unsaturated/α-hetero) is 1. The predicted octanol–water partition coefficient (Wildman–Crippen LogP) is 2.77. The van der Waals surface area contributed by atoms with Gasteiger partial charge in [-0.3, -0.25) is 4.79 Å². The maximum Gasteiger partial charge on any atom is 0.149 e. The molecule has 0 heterocycles. The van der Waals surface area contributed by atoms with Gasteiger partial charge in [-0.25, -0.2) is 0 Å². The highest BCUT2D eigenvalue weighted by atomic mass is 16.1. The van der Waals surface area contributed by atoms with E-state index in [1.54, 1.807) is 6.92 Å². The molecule has 1 rings (SSSR count). The molecule has 0 N–H and O–H groups in total. The molecule has 0 spiro atoms. The van der Waals surface area contributed by atoms with E-state index in [1.165, 1.54) is 24.1 Å². The minimum Gasteiger partial charge on any atom is -0.370 e. The molecule has 1 aliphatic rings. The first-order valence-corrected chi connectivity index (χ1v) is 5.20. The molecule has 0 saturated heterocycles. The Labute approximate surface area is 87.8 Å². The molecular weight excluding hydrogens is 174 g/mol. The first kappa shape index (κ1) is 11.0. The van der Waals surface area contributed by atoms with Gasteiger partial charge < -0.3 is 4.90 Å². The first-order chi connectivity index (χ1) is 6.65. The lowest BCUT2D eigenvalue weighted by Gasteiger charge is -2.27. The minimum absolute atomic E-state index is 0. The summed E-state index contributed by atoms with van der Waals surface area (Å²) in [7, 11) is 1.99. The van der Waals surface area contributed by atoms with Crippen molar-refractivity contribution in [3.05, 3.63) is 23.9 Å². The van der Waals surface area contributed by atoms with Crippen LogP contribution in [-0.4, -0.2) is 24.3 Å². The lowest BCUT2D eigenvalue weighted by molar-refractivity contribution is -0.117. The normalized spacial score (nSPS) is 16.7. The monoisotopic (exact) mass is 195 g/mol. The molecule has 0 fully saturated rings. The van der Waals surface area contributed by atoms with Crippen LogP contribution in [0.2, 0.25) is 0 Å². The fraction of sp³-hybridized carbons (Fsp3) is 0.583. The second-order valence-corrected chi connectivity index (χ2v) is 3.94. The number of hydrogen-bond donors (Lipinski definition) is 0. The summed E-state index contributed by atoms with van der Waals surface area (Å²) in [5.74, 6) is 0.217. The lowest BCUT2D eigenvalue weighted by Crippen LogP contribution is -2.26. The zero-order valence-electron chi connectivity index (χ0n) is 9.18. The van der Waals surface area contributed by atoms with Gasteiger partial charge in [0, 0.05) is 14.2 Å². The fourth-order valence-corrected chi connectivity index (χ4v) is 2.00. The molecule has 0 bridgehead atoms. The minimum atomic E-state index is 0. The van der Waals surface area contributed by atoms with Gasteiger partial charge in [-0.15, -0.1) is 0 Å². The summed E-state index contributed by atoms with van der Waals surface area (Å²) in [5, 5.41) is 0. The summed E-state index contributed by atoms with van der Waals surface area (Å²) < 4.78 is 0. The van der Waals surface area contributed by atoms with Crippen molar-refractivity contribution in [3.8, 4) is 0 Å². The highest BCUT2D eigenvalue weighted by molar-refractivity contribution is 5.77. The van der Waals surface area contributed by atoms with Gasteiger partial charge in [0.1, 0.15) is 5.78 Å². The van der Waals surface area contributed by atoms with Gasteiger partial charge in [0.2, 0.25) is 0 Å². The Hall–Kier alpha value is -1.05. The van der Waals surface area contributed by atoms with Crippen molar-refractivity contribution in [2.24, 2.45) is 0 Å². The average molecular weight is 195 g/mol. The molecule has 0 amide bonds. The molecule has 2 heteroatoms. The highest BCUT2D eigenvalue weighted by Crippen LogP contribution is 2.26. The largest absolute Gasteiger partial charge is 0.370 e. The number of allylic oxidation sites excluding steroid dienone is 3. The summed E-state index contributed by atoms with van der Waals surface area (Å²) in [6, 6.07) is 0. The molecule has 0 aromatic carbocycles. The van der Waals surface area contributed by atoms with Crippen LogP contribution in [0.3, 0.4) is 0 Å². The average Bonchev–Trinajstić information content (AvgIpc) is 2.16. The van der Waals surface area contributed by atoms with E-state index in [4.69, 9.17) is 0 Å². The van der Waals surface area contributed by atoms with E-state index >= 15 is 0 Å². The first-order valence-electron chi connectivity index (χ1n) is 5.20. The van der Waals surface area contributed by atoms with E-state index < -0.39 is 0 Å². The van der Waals surface area contributed by atoms with Crippen molar-refractivity contribution >= 4 is 5.78 Å². The molecule has 1 aliphatic carbocycles. The van der Waals surface area contributed by atoms with Crippen LogP contribution in [0.4, 0.5) is 0 Å². The molecule has 14 heavy (non-hydrogen) atoms. The Morgan fingerprint density at radius 3 is 2.79 bits per heavy atom. The van der Waals surface area contributed by atoms with Crippen molar-refractivity contribution in [2.75, 3.05) is 13.6 Å². The van der Waals surface area contributed by atoms with Crippen LogP contribution in [0.5, 0.6) is 0 Å². The summed E-state index contributed by atoms with van der Waals surface area (Å²) in [6.07, 6.45) is 6.62. The van der Waals surface area contributed by atoms with E-state index in [-0.39, 0.29) is 7.21 Å². The van der Waals surface area contributed by atoms with Crippen LogP contribution in [-0.2, 0) is 4.79 Å². The summed E-state index contributed by atoms with van der Waals surface area (Å²) in [6.45, 7) is 5.98. The van der Waals surface area contributed by atoms with Crippen LogP contribution in [0.1, 0.15) is 34.0 Å². The van der Waals surface area contributed by atoms with Crippen LogP contribution >= 0.6 is 0 Å². The van der Waals surface area contributed by atoms with Crippen LogP contribution < -0.4 is 0 Å². The van der Waals surface area contributed by atoms with Crippen LogP contribution in [0.15, 0.2) is 23.9 Å². The van der Waals surface area contributed by atoms with E-state index in [0.29, 0.717) is 6.54 Å². The van der Waals surface area contributed by atoms with Crippen LogP contribution in [0, 0.1) is 0 Å². The Kier molecular flexibility index (Phi) is 3.93. The van der Waals surface area contributed by atoms with Crippen LogP contribution in [0.25, 0.3) is 0 Å². The zero-order chi connectivity index (χ0) is 10.6. The molecular formula is C12H21NO. The Morgan fingerprint density at radius 1 is 1.57 bits per heavy atom. The van der Waals surface area contributed by atoms with Crippen molar-refractivity contribution < 1.29 is 6.22 Å². The number of rotatable bonds is 4. The Balaban J connectivity index is 0.00000196.